The van der Waals surface area contributed by atoms with Gasteiger partial charge in [0.15, 0.2) is 25.1 Å². The molecule has 1 aliphatic heterocycles. The molecule has 0 unspecified atom stereocenters. The standard InChI is InChI=1S/C22H24F2O6/c1-26-11-28-14-5-3-13(4-6-14)20-18-10-22(23,24)9-17(18)16-7-15(29-12-27-2)8-19(25)21(16)30-20/h3-8,17-18,20,25H,9-12H2,1-2H3/t17-,18-,20-/m1/s1. The second-order valence-electron chi connectivity index (χ2n) is 7.60. The van der Waals surface area contributed by atoms with Crippen LogP contribution in [0.2, 0.25) is 0 Å². The van der Waals surface area contributed by atoms with E-state index in [1.165, 1.54) is 20.3 Å². The highest BCUT2D eigenvalue weighted by atomic mass is 19.3. The van der Waals surface area contributed by atoms with Gasteiger partial charge in [0.25, 0.3) is 0 Å². The van der Waals surface area contributed by atoms with Crippen molar-refractivity contribution in [2.75, 3.05) is 27.8 Å². The third-order valence-corrected chi connectivity index (χ3v) is 5.57. The highest BCUT2D eigenvalue weighted by Gasteiger charge is 2.54. The average molecular weight is 422 g/mol. The molecular weight excluding hydrogens is 398 g/mol. The zero-order chi connectivity index (χ0) is 21.3. The highest BCUT2D eigenvalue weighted by molar-refractivity contribution is 5.55. The molecule has 0 radical (unpaired) electrons. The van der Waals surface area contributed by atoms with E-state index >= 15 is 0 Å². The van der Waals surface area contributed by atoms with Crippen molar-refractivity contribution in [3.05, 3.63) is 47.5 Å². The lowest BCUT2D eigenvalue weighted by molar-refractivity contribution is -0.00244. The Labute approximate surface area is 173 Å². The van der Waals surface area contributed by atoms with Gasteiger partial charge < -0.3 is 28.8 Å². The number of benzene rings is 2. The lowest BCUT2D eigenvalue weighted by atomic mass is 9.80. The Hall–Kier alpha value is -2.58. The zero-order valence-corrected chi connectivity index (χ0v) is 16.8. The molecule has 0 bridgehead atoms. The smallest absolute Gasteiger partial charge is 0.249 e. The number of phenols is 1. The second-order valence-corrected chi connectivity index (χ2v) is 7.60. The molecule has 2 aromatic carbocycles. The second kappa shape index (κ2) is 8.28. The number of hydrogen-bond acceptors (Lipinski definition) is 6. The van der Waals surface area contributed by atoms with E-state index in [9.17, 15) is 13.9 Å². The number of aromatic hydroxyl groups is 1. The summed E-state index contributed by atoms with van der Waals surface area (Å²) in [5, 5.41) is 10.5. The first-order valence-electron chi connectivity index (χ1n) is 9.66. The van der Waals surface area contributed by atoms with Gasteiger partial charge in [0.2, 0.25) is 5.92 Å². The summed E-state index contributed by atoms with van der Waals surface area (Å²) in [6.45, 7) is 0.106. The Morgan fingerprint density at radius 3 is 2.33 bits per heavy atom. The number of alkyl halides is 2. The van der Waals surface area contributed by atoms with Crippen LogP contribution in [0.15, 0.2) is 36.4 Å². The van der Waals surface area contributed by atoms with Crippen molar-refractivity contribution < 1.29 is 37.6 Å². The quantitative estimate of drug-likeness (QED) is 0.657. The predicted octanol–water partition coefficient (Wildman–Crippen LogP) is 4.62. The summed E-state index contributed by atoms with van der Waals surface area (Å²) < 4.78 is 55.5. The van der Waals surface area contributed by atoms with Crippen LogP contribution < -0.4 is 14.2 Å². The van der Waals surface area contributed by atoms with E-state index in [1.54, 1.807) is 30.3 Å². The van der Waals surface area contributed by atoms with Crippen molar-refractivity contribution in [2.45, 2.75) is 30.8 Å². The van der Waals surface area contributed by atoms with Gasteiger partial charge in [0, 0.05) is 50.5 Å². The molecule has 30 heavy (non-hydrogen) atoms. The molecule has 3 atom stereocenters. The number of rotatable bonds is 7. The van der Waals surface area contributed by atoms with E-state index in [-0.39, 0.29) is 37.9 Å². The number of halogens is 2. The van der Waals surface area contributed by atoms with E-state index in [1.807, 2.05) is 0 Å². The summed E-state index contributed by atoms with van der Waals surface area (Å²) >= 11 is 0. The Morgan fingerprint density at radius 1 is 1.00 bits per heavy atom. The van der Waals surface area contributed by atoms with Crippen LogP contribution in [0, 0.1) is 5.92 Å². The van der Waals surface area contributed by atoms with Crippen molar-refractivity contribution in [1.82, 2.24) is 0 Å². The maximum absolute atomic E-state index is 14.4. The topological polar surface area (TPSA) is 66.4 Å². The fraction of sp³-hybridized carbons (Fsp3) is 0.455. The number of methoxy groups -OCH3 is 2. The maximum Gasteiger partial charge on any atom is 0.249 e. The lowest BCUT2D eigenvalue weighted by Crippen LogP contribution is -2.27. The summed E-state index contributed by atoms with van der Waals surface area (Å²) in [7, 11) is 3.01. The average Bonchev–Trinajstić information content (AvgIpc) is 3.06. The van der Waals surface area contributed by atoms with Crippen LogP contribution in [0.4, 0.5) is 8.78 Å². The van der Waals surface area contributed by atoms with Crippen molar-refractivity contribution in [2.24, 2.45) is 5.92 Å². The van der Waals surface area contributed by atoms with Gasteiger partial charge in [-0.05, 0) is 23.8 Å². The van der Waals surface area contributed by atoms with Crippen LogP contribution in [0.25, 0.3) is 0 Å². The summed E-state index contributed by atoms with van der Waals surface area (Å²) in [5.41, 5.74) is 1.29. The van der Waals surface area contributed by atoms with Gasteiger partial charge in [-0.2, -0.15) is 0 Å². The molecule has 0 amide bonds. The number of phenolic OH excluding ortho intramolecular Hbond substituents is 1. The molecule has 1 saturated carbocycles. The third-order valence-electron chi connectivity index (χ3n) is 5.57. The summed E-state index contributed by atoms with van der Waals surface area (Å²) in [6.07, 6.45) is -1.19. The van der Waals surface area contributed by atoms with E-state index < -0.39 is 23.9 Å². The van der Waals surface area contributed by atoms with Gasteiger partial charge in [-0.1, -0.05) is 12.1 Å². The largest absolute Gasteiger partial charge is 0.504 e. The fourth-order valence-electron chi connectivity index (χ4n) is 4.34. The van der Waals surface area contributed by atoms with E-state index in [4.69, 9.17) is 23.7 Å². The summed E-state index contributed by atoms with van der Waals surface area (Å²) in [5.74, 6) is -2.66. The first-order valence-corrected chi connectivity index (χ1v) is 9.66. The van der Waals surface area contributed by atoms with Gasteiger partial charge in [0.1, 0.15) is 17.6 Å². The van der Waals surface area contributed by atoms with Crippen molar-refractivity contribution in [1.29, 1.82) is 0 Å². The van der Waals surface area contributed by atoms with Gasteiger partial charge in [-0.15, -0.1) is 0 Å². The van der Waals surface area contributed by atoms with Crippen LogP contribution in [-0.4, -0.2) is 38.8 Å². The monoisotopic (exact) mass is 422 g/mol. The molecule has 1 fully saturated rings. The first-order chi connectivity index (χ1) is 14.4. The first kappa shape index (κ1) is 20.7. The highest BCUT2D eigenvalue weighted by Crippen LogP contribution is 2.60. The molecule has 162 valence electrons. The molecule has 0 spiro atoms. The molecule has 8 heteroatoms. The predicted molar refractivity (Wildman–Crippen MR) is 103 cm³/mol. The SMILES string of the molecule is COCOc1ccc([C@H]2Oc3c(O)cc(OCOC)cc3[C@H]3CC(F)(F)C[C@H]32)cc1. The Balaban J connectivity index is 1.68. The van der Waals surface area contributed by atoms with Gasteiger partial charge in [-0.25, -0.2) is 8.78 Å². The molecule has 0 saturated heterocycles. The van der Waals surface area contributed by atoms with Crippen LogP contribution in [0.1, 0.15) is 36.0 Å². The molecule has 1 aliphatic carbocycles. The minimum Gasteiger partial charge on any atom is -0.504 e. The normalized spacial score (nSPS) is 23.9. The summed E-state index contributed by atoms with van der Waals surface area (Å²) in [6, 6.07) is 10.1. The van der Waals surface area contributed by atoms with Crippen LogP contribution in [0.5, 0.6) is 23.0 Å². The van der Waals surface area contributed by atoms with Crippen LogP contribution in [-0.2, 0) is 9.47 Å². The molecule has 0 aromatic heterocycles. The van der Waals surface area contributed by atoms with Crippen LogP contribution in [0.3, 0.4) is 0 Å². The molecule has 1 N–H and O–H groups in total. The van der Waals surface area contributed by atoms with Gasteiger partial charge >= 0.3 is 0 Å². The minimum absolute atomic E-state index is 0.0105. The van der Waals surface area contributed by atoms with Gasteiger partial charge in [0.05, 0.1) is 0 Å². The Morgan fingerprint density at radius 2 is 1.67 bits per heavy atom. The number of ether oxygens (including phenoxy) is 5. The zero-order valence-electron chi connectivity index (χ0n) is 16.8. The molecule has 6 nitrogen and oxygen atoms in total. The van der Waals surface area contributed by atoms with Crippen molar-refractivity contribution in [3.63, 3.8) is 0 Å². The number of hydrogen-bond donors (Lipinski definition) is 1. The molecule has 2 aliphatic rings. The van der Waals surface area contributed by atoms with Crippen LogP contribution >= 0.6 is 0 Å². The van der Waals surface area contributed by atoms with E-state index in [0.29, 0.717) is 17.1 Å². The van der Waals surface area contributed by atoms with Gasteiger partial charge in [-0.3, -0.25) is 0 Å². The molecule has 1 heterocycles. The van der Waals surface area contributed by atoms with Crippen molar-refractivity contribution >= 4 is 0 Å². The molecule has 4 rings (SSSR count). The lowest BCUT2D eigenvalue weighted by Gasteiger charge is -2.36. The molecular formula is C22H24F2O6. The third kappa shape index (κ3) is 4.02. The Bertz CT molecular complexity index is 886. The number of fused-ring (bicyclic) bond motifs is 3. The Kier molecular flexibility index (Phi) is 5.71. The molecule has 2 aromatic rings. The van der Waals surface area contributed by atoms with E-state index in [0.717, 1.165) is 5.56 Å². The van der Waals surface area contributed by atoms with E-state index in [2.05, 4.69) is 0 Å². The maximum atomic E-state index is 14.4. The fourth-order valence-corrected chi connectivity index (χ4v) is 4.34. The van der Waals surface area contributed by atoms with Crippen molar-refractivity contribution in [3.8, 4) is 23.0 Å². The summed E-state index contributed by atoms with van der Waals surface area (Å²) in [4.78, 5) is 0. The minimum atomic E-state index is -2.81.